The number of hydrogen-bond acceptors (Lipinski definition) is 3. The molecule has 106 valence electrons. The predicted molar refractivity (Wildman–Crippen MR) is 77.9 cm³/mol. The molecular formula is C15H26N4. The maximum atomic E-state index is 9.33. The van der Waals surface area contributed by atoms with Crippen LogP contribution in [0.3, 0.4) is 0 Å². The summed E-state index contributed by atoms with van der Waals surface area (Å²) in [4.78, 5) is 0. The van der Waals surface area contributed by atoms with E-state index in [0.717, 1.165) is 44.5 Å². The van der Waals surface area contributed by atoms with Crippen LogP contribution >= 0.6 is 0 Å². The Kier molecular flexibility index (Phi) is 6.04. The fraction of sp³-hybridized carbons (Fsp3) is 0.733. The predicted octanol–water partition coefficient (Wildman–Crippen LogP) is 2.68. The average molecular weight is 262 g/mol. The molecule has 1 rings (SSSR count). The Morgan fingerprint density at radius 1 is 1.37 bits per heavy atom. The van der Waals surface area contributed by atoms with Gasteiger partial charge >= 0.3 is 0 Å². The van der Waals surface area contributed by atoms with Gasteiger partial charge in [-0.25, -0.2) is 0 Å². The van der Waals surface area contributed by atoms with Crippen LogP contribution in [0, 0.1) is 11.3 Å². The van der Waals surface area contributed by atoms with Crippen LogP contribution < -0.4 is 5.32 Å². The summed E-state index contributed by atoms with van der Waals surface area (Å²) in [5.41, 5.74) is 1.93. The first kappa shape index (κ1) is 15.7. The molecule has 1 atom stereocenters. The van der Waals surface area contributed by atoms with Gasteiger partial charge in [0.25, 0.3) is 0 Å². The highest BCUT2D eigenvalue weighted by Crippen LogP contribution is 2.13. The molecule has 1 N–H and O–H groups in total. The standard InChI is InChI=1S/C15H26N4/c1-5-9-17-15(4,12-16)8-10-19-14(7-3)11-13(6-2)18-19/h11,17H,5-10H2,1-4H3. The first-order chi connectivity index (χ1) is 9.08. The fourth-order valence-electron chi connectivity index (χ4n) is 2.08. The van der Waals surface area contributed by atoms with Crippen molar-refractivity contribution < 1.29 is 0 Å². The first-order valence-electron chi connectivity index (χ1n) is 7.30. The molecule has 1 heterocycles. The van der Waals surface area contributed by atoms with Crippen molar-refractivity contribution in [3.8, 4) is 6.07 Å². The minimum absolute atomic E-state index is 0.459. The van der Waals surface area contributed by atoms with E-state index in [0.29, 0.717) is 0 Å². The molecule has 1 aromatic heterocycles. The molecule has 0 bridgehead atoms. The average Bonchev–Trinajstić information content (AvgIpc) is 2.85. The van der Waals surface area contributed by atoms with Gasteiger partial charge in [-0.3, -0.25) is 10.00 Å². The molecule has 0 aliphatic heterocycles. The van der Waals surface area contributed by atoms with Crippen molar-refractivity contribution >= 4 is 0 Å². The van der Waals surface area contributed by atoms with E-state index in [1.54, 1.807) is 0 Å². The normalized spacial score (nSPS) is 14.1. The summed E-state index contributed by atoms with van der Waals surface area (Å²) >= 11 is 0. The molecular weight excluding hydrogens is 236 g/mol. The third kappa shape index (κ3) is 4.36. The van der Waals surface area contributed by atoms with Crippen LogP contribution in [0.4, 0.5) is 0 Å². The zero-order chi connectivity index (χ0) is 14.3. The minimum Gasteiger partial charge on any atom is -0.300 e. The van der Waals surface area contributed by atoms with E-state index in [1.165, 1.54) is 5.69 Å². The van der Waals surface area contributed by atoms with Gasteiger partial charge in [0.05, 0.1) is 11.8 Å². The SMILES string of the molecule is CCCNC(C)(C#N)CCn1nc(CC)cc1CC. The van der Waals surface area contributed by atoms with E-state index in [-0.39, 0.29) is 0 Å². The molecule has 0 aromatic carbocycles. The van der Waals surface area contributed by atoms with Crippen LogP contribution in [0.2, 0.25) is 0 Å². The lowest BCUT2D eigenvalue weighted by atomic mass is 10.00. The van der Waals surface area contributed by atoms with Crippen LogP contribution in [0.5, 0.6) is 0 Å². The lowest BCUT2D eigenvalue weighted by Gasteiger charge is -2.23. The van der Waals surface area contributed by atoms with Gasteiger partial charge in [-0.2, -0.15) is 10.4 Å². The lowest BCUT2D eigenvalue weighted by molar-refractivity contribution is 0.379. The van der Waals surface area contributed by atoms with E-state index in [1.807, 2.05) is 6.92 Å². The number of nitrogens with zero attached hydrogens (tertiary/aromatic N) is 3. The van der Waals surface area contributed by atoms with E-state index >= 15 is 0 Å². The number of rotatable bonds is 8. The Balaban J connectivity index is 2.69. The Hall–Kier alpha value is -1.34. The maximum absolute atomic E-state index is 9.33. The quantitative estimate of drug-likeness (QED) is 0.783. The highest BCUT2D eigenvalue weighted by molar-refractivity contribution is 5.11. The number of hydrogen-bond donors (Lipinski definition) is 1. The molecule has 1 aromatic rings. The van der Waals surface area contributed by atoms with Gasteiger partial charge in [-0.15, -0.1) is 0 Å². The summed E-state index contributed by atoms with van der Waals surface area (Å²) in [6.45, 7) is 10.0. The van der Waals surface area contributed by atoms with Crippen LogP contribution in [-0.2, 0) is 19.4 Å². The van der Waals surface area contributed by atoms with Crippen LogP contribution in [-0.4, -0.2) is 21.9 Å². The zero-order valence-electron chi connectivity index (χ0n) is 12.7. The maximum Gasteiger partial charge on any atom is 0.105 e. The van der Waals surface area contributed by atoms with Gasteiger partial charge in [0.1, 0.15) is 5.54 Å². The summed E-state index contributed by atoms with van der Waals surface area (Å²) in [7, 11) is 0. The largest absolute Gasteiger partial charge is 0.300 e. The second-order valence-electron chi connectivity index (χ2n) is 5.18. The number of nitriles is 1. The molecule has 0 aliphatic rings. The topological polar surface area (TPSA) is 53.6 Å². The molecule has 4 heteroatoms. The minimum atomic E-state index is -0.459. The smallest absolute Gasteiger partial charge is 0.105 e. The molecule has 4 nitrogen and oxygen atoms in total. The number of nitrogens with one attached hydrogen (secondary N) is 1. The van der Waals surface area contributed by atoms with Crippen molar-refractivity contribution in [2.75, 3.05) is 6.54 Å². The van der Waals surface area contributed by atoms with Crippen molar-refractivity contribution in [1.82, 2.24) is 15.1 Å². The summed E-state index contributed by atoms with van der Waals surface area (Å²) in [6.07, 6.45) is 3.77. The Labute approximate surface area is 116 Å². The van der Waals surface area contributed by atoms with Gasteiger partial charge in [-0.1, -0.05) is 20.8 Å². The Morgan fingerprint density at radius 2 is 2.11 bits per heavy atom. The molecule has 0 radical (unpaired) electrons. The third-order valence-electron chi connectivity index (χ3n) is 3.47. The third-order valence-corrected chi connectivity index (χ3v) is 3.47. The second kappa shape index (κ2) is 7.30. The van der Waals surface area contributed by atoms with Gasteiger partial charge < -0.3 is 0 Å². The molecule has 0 amide bonds. The highest BCUT2D eigenvalue weighted by Gasteiger charge is 2.22. The summed E-state index contributed by atoms with van der Waals surface area (Å²) in [5.74, 6) is 0. The van der Waals surface area contributed by atoms with E-state index in [4.69, 9.17) is 0 Å². The van der Waals surface area contributed by atoms with Crippen LogP contribution in [0.25, 0.3) is 0 Å². The van der Waals surface area contributed by atoms with Gasteiger partial charge in [-0.05, 0) is 45.2 Å². The van der Waals surface area contributed by atoms with Crippen LogP contribution in [0.1, 0.15) is 51.9 Å². The molecule has 0 aliphatic carbocycles. The fourth-order valence-corrected chi connectivity index (χ4v) is 2.08. The van der Waals surface area contributed by atoms with Gasteiger partial charge in [0, 0.05) is 12.2 Å². The molecule has 0 saturated carbocycles. The summed E-state index contributed by atoms with van der Waals surface area (Å²) in [6, 6.07) is 4.56. The van der Waals surface area contributed by atoms with Crippen molar-refractivity contribution in [1.29, 1.82) is 5.26 Å². The molecule has 1 unspecified atom stereocenters. The zero-order valence-corrected chi connectivity index (χ0v) is 12.7. The number of aromatic nitrogens is 2. The molecule has 19 heavy (non-hydrogen) atoms. The van der Waals surface area contributed by atoms with Crippen molar-refractivity contribution in [2.24, 2.45) is 0 Å². The first-order valence-corrected chi connectivity index (χ1v) is 7.30. The summed E-state index contributed by atoms with van der Waals surface area (Å²) in [5, 5.41) is 17.2. The van der Waals surface area contributed by atoms with Gasteiger partial charge in [0.2, 0.25) is 0 Å². The Bertz CT molecular complexity index is 430. The summed E-state index contributed by atoms with van der Waals surface area (Å²) < 4.78 is 2.06. The number of aryl methyl sites for hydroxylation is 3. The monoisotopic (exact) mass is 262 g/mol. The van der Waals surface area contributed by atoms with Crippen molar-refractivity contribution in [3.63, 3.8) is 0 Å². The van der Waals surface area contributed by atoms with E-state index in [9.17, 15) is 5.26 Å². The van der Waals surface area contributed by atoms with Gasteiger partial charge in [0.15, 0.2) is 0 Å². The Morgan fingerprint density at radius 3 is 2.63 bits per heavy atom. The molecule has 0 spiro atoms. The second-order valence-corrected chi connectivity index (χ2v) is 5.18. The molecule has 0 fully saturated rings. The highest BCUT2D eigenvalue weighted by atomic mass is 15.3. The van der Waals surface area contributed by atoms with E-state index in [2.05, 4.69) is 48.0 Å². The lowest BCUT2D eigenvalue weighted by Crippen LogP contribution is -2.42. The van der Waals surface area contributed by atoms with E-state index < -0.39 is 5.54 Å². The molecule has 0 saturated heterocycles. The van der Waals surface area contributed by atoms with Crippen molar-refractivity contribution in [2.45, 2.75) is 65.5 Å². The van der Waals surface area contributed by atoms with Crippen molar-refractivity contribution in [3.05, 3.63) is 17.5 Å². The van der Waals surface area contributed by atoms with Crippen LogP contribution in [0.15, 0.2) is 6.07 Å².